The van der Waals surface area contributed by atoms with Crippen molar-refractivity contribution in [2.75, 3.05) is 0 Å². The van der Waals surface area contributed by atoms with Gasteiger partial charge in [0.1, 0.15) is 11.5 Å². The van der Waals surface area contributed by atoms with Crippen molar-refractivity contribution in [3.63, 3.8) is 0 Å². The molecule has 0 spiro atoms. The number of allylic oxidation sites excluding steroid dienone is 1. The smallest absolute Gasteiger partial charge is 0.423 e. The Bertz CT molecular complexity index is 559. The summed E-state index contributed by atoms with van der Waals surface area (Å²) < 4.78 is 10.6. The first-order chi connectivity index (χ1) is 9.31. The van der Waals surface area contributed by atoms with E-state index < -0.39 is 0 Å². The Kier molecular flexibility index (Phi) is 4.34. The van der Waals surface area contributed by atoms with Gasteiger partial charge >= 0.3 is 6.47 Å². The SMILES string of the molecule is CC(Oc1ccccc1)=C(O[C]=O)c1ccccc1. The molecular formula is C16H13O3. The number of para-hydroxylation sites is 1. The average molecular weight is 253 g/mol. The average Bonchev–Trinajstić information content (AvgIpc) is 2.46. The van der Waals surface area contributed by atoms with Crippen LogP contribution >= 0.6 is 0 Å². The maximum atomic E-state index is 10.5. The van der Waals surface area contributed by atoms with Gasteiger partial charge in [-0.1, -0.05) is 48.5 Å². The summed E-state index contributed by atoms with van der Waals surface area (Å²) in [4.78, 5) is 10.5. The van der Waals surface area contributed by atoms with Gasteiger partial charge in [-0.25, -0.2) is 4.79 Å². The van der Waals surface area contributed by atoms with Gasteiger partial charge in [0.2, 0.25) is 0 Å². The van der Waals surface area contributed by atoms with Crippen LogP contribution < -0.4 is 4.74 Å². The lowest BCUT2D eigenvalue weighted by Gasteiger charge is -2.11. The van der Waals surface area contributed by atoms with E-state index in [1.54, 1.807) is 6.92 Å². The molecular weight excluding hydrogens is 240 g/mol. The number of rotatable bonds is 5. The molecule has 0 bridgehead atoms. The highest BCUT2D eigenvalue weighted by Gasteiger charge is 2.10. The zero-order valence-corrected chi connectivity index (χ0v) is 10.5. The zero-order chi connectivity index (χ0) is 13.5. The van der Waals surface area contributed by atoms with Crippen LogP contribution in [-0.2, 0) is 9.53 Å². The molecule has 0 fully saturated rings. The topological polar surface area (TPSA) is 35.5 Å². The van der Waals surface area contributed by atoms with Crippen molar-refractivity contribution < 1.29 is 14.3 Å². The first kappa shape index (κ1) is 12.9. The van der Waals surface area contributed by atoms with Gasteiger partial charge in [-0.05, 0) is 19.1 Å². The maximum absolute atomic E-state index is 10.5. The summed E-state index contributed by atoms with van der Waals surface area (Å²) in [6.45, 7) is 3.19. The molecule has 0 saturated heterocycles. The highest BCUT2D eigenvalue weighted by atomic mass is 16.5. The molecule has 0 saturated carbocycles. The van der Waals surface area contributed by atoms with Crippen molar-refractivity contribution >= 4 is 12.2 Å². The molecule has 2 rings (SSSR count). The molecule has 0 aliphatic carbocycles. The van der Waals surface area contributed by atoms with Crippen LogP contribution in [0.4, 0.5) is 0 Å². The Hall–Kier alpha value is -2.55. The van der Waals surface area contributed by atoms with E-state index in [1.807, 2.05) is 60.7 Å². The lowest BCUT2D eigenvalue weighted by atomic mass is 10.2. The standard InChI is InChI=1S/C16H13O3/c1-13(19-15-10-6-3-7-11-15)16(18-12-17)14-8-4-2-5-9-14/h2-11H,1H3. The van der Waals surface area contributed by atoms with E-state index >= 15 is 0 Å². The molecule has 95 valence electrons. The molecule has 19 heavy (non-hydrogen) atoms. The normalized spacial score (nSPS) is 11.4. The molecule has 0 aliphatic rings. The molecule has 0 amide bonds. The molecule has 0 N–H and O–H groups in total. The molecule has 0 heterocycles. The third kappa shape index (κ3) is 3.45. The Morgan fingerprint density at radius 1 is 0.947 bits per heavy atom. The van der Waals surface area contributed by atoms with Gasteiger partial charge in [0, 0.05) is 5.56 Å². The molecule has 2 aromatic carbocycles. The second-order valence-electron chi connectivity index (χ2n) is 3.85. The van der Waals surface area contributed by atoms with Crippen LogP contribution in [0.5, 0.6) is 5.75 Å². The van der Waals surface area contributed by atoms with Crippen molar-refractivity contribution in [3.8, 4) is 5.75 Å². The van der Waals surface area contributed by atoms with Crippen molar-refractivity contribution in [2.24, 2.45) is 0 Å². The first-order valence-electron chi connectivity index (χ1n) is 5.84. The molecule has 1 radical (unpaired) electrons. The van der Waals surface area contributed by atoms with Crippen LogP contribution in [0.3, 0.4) is 0 Å². The predicted molar refractivity (Wildman–Crippen MR) is 72.9 cm³/mol. The molecule has 0 atom stereocenters. The van der Waals surface area contributed by atoms with Crippen molar-refractivity contribution in [1.82, 2.24) is 0 Å². The van der Waals surface area contributed by atoms with E-state index in [2.05, 4.69) is 0 Å². The predicted octanol–water partition coefficient (Wildman–Crippen LogP) is 3.54. The molecule has 3 heteroatoms. The summed E-state index contributed by atoms with van der Waals surface area (Å²) >= 11 is 0. The van der Waals surface area contributed by atoms with E-state index in [-0.39, 0.29) is 0 Å². The largest absolute Gasteiger partial charge is 0.458 e. The summed E-state index contributed by atoms with van der Waals surface area (Å²) in [5.41, 5.74) is 0.763. The second-order valence-corrected chi connectivity index (χ2v) is 3.85. The molecule has 0 aromatic heterocycles. The van der Waals surface area contributed by atoms with Crippen molar-refractivity contribution in [2.45, 2.75) is 6.92 Å². The number of ether oxygens (including phenoxy) is 2. The van der Waals surface area contributed by atoms with Crippen LogP contribution in [-0.4, -0.2) is 6.47 Å². The van der Waals surface area contributed by atoms with Gasteiger partial charge in [-0.2, -0.15) is 0 Å². The molecule has 0 aliphatic heterocycles. The third-order valence-electron chi connectivity index (χ3n) is 2.51. The fourth-order valence-corrected chi connectivity index (χ4v) is 1.68. The van der Waals surface area contributed by atoms with Crippen LogP contribution in [0, 0.1) is 0 Å². The first-order valence-corrected chi connectivity index (χ1v) is 5.84. The van der Waals surface area contributed by atoms with Crippen LogP contribution in [0.1, 0.15) is 12.5 Å². The van der Waals surface area contributed by atoms with Crippen molar-refractivity contribution in [1.29, 1.82) is 0 Å². The van der Waals surface area contributed by atoms with Gasteiger partial charge in [-0.15, -0.1) is 0 Å². The van der Waals surface area contributed by atoms with Crippen LogP contribution in [0.15, 0.2) is 66.4 Å². The Morgan fingerprint density at radius 3 is 2.11 bits per heavy atom. The highest BCUT2D eigenvalue weighted by Crippen LogP contribution is 2.22. The summed E-state index contributed by atoms with van der Waals surface area (Å²) in [6.07, 6.45) is 0. The van der Waals surface area contributed by atoms with E-state index in [1.165, 1.54) is 6.47 Å². The van der Waals surface area contributed by atoms with Crippen LogP contribution in [0.2, 0.25) is 0 Å². The zero-order valence-electron chi connectivity index (χ0n) is 10.5. The Labute approximate surface area is 112 Å². The van der Waals surface area contributed by atoms with Gasteiger partial charge < -0.3 is 9.47 Å². The fourth-order valence-electron chi connectivity index (χ4n) is 1.68. The molecule has 0 unspecified atom stereocenters. The summed E-state index contributed by atoms with van der Waals surface area (Å²) in [6, 6.07) is 18.6. The fraction of sp³-hybridized carbons (Fsp3) is 0.0625. The van der Waals surface area contributed by atoms with Crippen molar-refractivity contribution in [3.05, 3.63) is 72.0 Å². The monoisotopic (exact) mass is 253 g/mol. The van der Waals surface area contributed by atoms with E-state index in [9.17, 15) is 4.79 Å². The highest BCUT2D eigenvalue weighted by molar-refractivity contribution is 5.67. The summed E-state index contributed by atoms with van der Waals surface area (Å²) in [5.74, 6) is 1.54. The lowest BCUT2D eigenvalue weighted by Crippen LogP contribution is -2.00. The minimum absolute atomic E-state index is 0.361. The van der Waals surface area contributed by atoms with E-state index in [0.717, 1.165) is 5.56 Å². The minimum Gasteiger partial charge on any atom is -0.458 e. The Balaban J connectivity index is 2.31. The van der Waals surface area contributed by atoms with Crippen LogP contribution in [0.25, 0.3) is 5.76 Å². The minimum atomic E-state index is 0.361. The lowest BCUT2D eigenvalue weighted by molar-refractivity contribution is 0.376. The Morgan fingerprint density at radius 2 is 1.53 bits per heavy atom. The van der Waals surface area contributed by atoms with E-state index in [0.29, 0.717) is 17.3 Å². The number of hydrogen-bond acceptors (Lipinski definition) is 3. The van der Waals surface area contributed by atoms with Gasteiger partial charge in [0.15, 0.2) is 5.76 Å². The summed E-state index contributed by atoms with van der Waals surface area (Å²) in [7, 11) is 0. The quantitative estimate of drug-likeness (QED) is 0.764. The van der Waals surface area contributed by atoms with Gasteiger partial charge in [0.25, 0.3) is 0 Å². The van der Waals surface area contributed by atoms with Gasteiger partial charge in [-0.3, -0.25) is 0 Å². The number of hydrogen-bond donors (Lipinski definition) is 0. The second kappa shape index (κ2) is 6.40. The molecule has 2 aromatic rings. The van der Waals surface area contributed by atoms with Gasteiger partial charge in [0.05, 0.1) is 0 Å². The number of carbonyl (C=O) groups excluding carboxylic acids is 1. The maximum Gasteiger partial charge on any atom is 0.423 e. The van der Waals surface area contributed by atoms with E-state index in [4.69, 9.17) is 9.47 Å². The summed E-state index contributed by atoms with van der Waals surface area (Å²) in [5, 5.41) is 0. The molecule has 3 nitrogen and oxygen atoms in total. The number of benzene rings is 2. The third-order valence-corrected chi connectivity index (χ3v) is 2.51.